The number of hydrogen-bond acceptors (Lipinski definition) is 5. The quantitative estimate of drug-likeness (QED) is 0.656. The maximum absolute atomic E-state index is 10.6. The number of rotatable bonds is 8. The van der Waals surface area contributed by atoms with Crippen LogP contribution in [0.25, 0.3) is 11.0 Å². The summed E-state index contributed by atoms with van der Waals surface area (Å²) in [5, 5.41) is 10.6. The van der Waals surface area contributed by atoms with Crippen LogP contribution in [0.5, 0.6) is 17.2 Å². The van der Waals surface area contributed by atoms with Gasteiger partial charge in [-0.25, -0.2) is 4.98 Å². The highest BCUT2D eigenvalue weighted by molar-refractivity contribution is 5.76. The van der Waals surface area contributed by atoms with E-state index in [0.717, 1.165) is 16.9 Å². The first kappa shape index (κ1) is 19.0. The van der Waals surface area contributed by atoms with E-state index in [2.05, 4.69) is 18.4 Å². The lowest BCUT2D eigenvalue weighted by molar-refractivity contribution is 0.0923. The molecule has 0 radical (unpaired) electrons. The van der Waals surface area contributed by atoms with Gasteiger partial charge in [-0.3, -0.25) is 0 Å². The van der Waals surface area contributed by atoms with Gasteiger partial charge in [0.15, 0.2) is 0 Å². The molecule has 1 unspecified atom stereocenters. The number of imidazole rings is 1. The van der Waals surface area contributed by atoms with Crippen molar-refractivity contribution in [2.45, 2.75) is 32.4 Å². The molecule has 0 saturated heterocycles. The first-order chi connectivity index (χ1) is 13.0. The molecular weight excluding hydrogens is 344 g/mol. The minimum atomic E-state index is -0.683. The van der Waals surface area contributed by atoms with Gasteiger partial charge in [0, 0.05) is 24.1 Å². The fourth-order valence-electron chi connectivity index (χ4n) is 3.05. The number of hydrogen-bond donors (Lipinski definition) is 1. The Hall–Kier alpha value is -2.73. The van der Waals surface area contributed by atoms with E-state index in [9.17, 15) is 5.11 Å². The number of benzene rings is 2. The molecule has 1 aromatic heterocycles. The van der Waals surface area contributed by atoms with Gasteiger partial charge >= 0.3 is 0 Å². The summed E-state index contributed by atoms with van der Waals surface area (Å²) in [7, 11) is 3.18. The summed E-state index contributed by atoms with van der Waals surface area (Å²) >= 11 is 0. The lowest BCUT2D eigenvalue weighted by Gasteiger charge is -2.17. The molecule has 0 aliphatic rings. The Labute approximate surface area is 159 Å². The van der Waals surface area contributed by atoms with E-state index >= 15 is 0 Å². The number of methoxy groups -OCH3 is 2. The molecule has 1 N–H and O–H groups in total. The van der Waals surface area contributed by atoms with E-state index in [-0.39, 0.29) is 12.5 Å². The molecule has 0 saturated carbocycles. The highest BCUT2D eigenvalue weighted by Crippen LogP contribution is 2.28. The van der Waals surface area contributed by atoms with Crippen molar-refractivity contribution in [1.29, 1.82) is 0 Å². The summed E-state index contributed by atoms with van der Waals surface area (Å²) < 4.78 is 18.3. The predicted octanol–water partition coefficient (Wildman–Crippen LogP) is 3.62. The second kappa shape index (κ2) is 8.31. The zero-order chi connectivity index (χ0) is 19.4. The minimum absolute atomic E-state index is 0.153. The van der Waals surface area contributed by atoms with Crippen molar-refractivity contribution in [3.63, 3.8) is 0 Å². The summed E-state index contributed by atoms with van der Waals surface area (Å²) in [6, 6.07) is 13.3. The third-order valence-corrected chi connectivity index (χ3v) is 4.36. The Kier molecular flexibility index (Phi) is 5.86. The van der Waals surface area contributed by atoms with Gasteiger partial charge in [0.05, 0.1) is 31.8 Å². The lowest BCUT2D eigenvalue weighted by atomic mass is 10.2. The first-order valence-electron chi connectivity index (χ1n) is 9.01. The third kappa shape index (κ3) is 4.34. The van der Waals surface area contributed by atoms with Gasteiger partial charge in [0.25, 0.3) is 0 Å². The summed E-state index contributed by atoms with van der Waals surface area (Å²) in [5.74, 6) is 3.08. The molecule has 6 nitrogen and oxygen atoms in total. The van der Waals surface area contributed by atoms with Crippen LogP contribution in [0.3, 0.4) is 0 Å². The number of fused-ring (bicyclic) bond motifs is 1. The van der Waals surface area contributed by atoms with Gasteiger partial charge in [0.2, 0.25) is 0 Å². The second-order valence-corrected chi connectivity index (χ2v) is 6.74. The van der Waals surface area contributed by atoms with Gasteiger partial charge in [0.1, 0.15) is 35.8 Å². The highest BCUT2D eigenvalue weighted by Gasteiger charge is 2.17. The maximum Gasteiger partial charge on any atom is 0.126 e. The van der Waals surface area contributed by atoms with Crippen LogP contribution < -0.4 is 14.2 Å². The molecular formula is C21H26N2O4. The first-order valence-corrected chi connectivity index (χ1v) is 9.01. The molecule has 0 bridgehead atoms. The highest BCUT2D eigenvalue weighted by atomic mass is 16.5. The van der Waals surface area contributed by atoms with Crippen molar-refractivity contribution in [1.82, 2.24) is 9.55 Å². The lowest BCUT2D eigenvalue weighted by Crippen LogP contribution is -2.24. The van der Waals surface area contributed by atoms with Crippen LogP contribution in [0.4, 0.5) is 0 Å². The molecule has 0 aliphatic heterocycles. The third-order valence-electron chi connectivity index (χ3n) is 4.36. The smallest absolute Gasteiger partial charge is 0.126 e. The van der Waals surface area contributed by atoms with Crippen molar-refractivity contribution in [3.05, 3.63) is 48.3 Å². The van der Waals surface area contributed by atoms with E-state index in [1.165, 1.54) is 0 Å². The van der Waals surface area contributed by atoms with Crippen LogP contribution in [0.15, 0.2) is 42.5 Å². The number of aromatic nitrogens is 2. The molecule has 6 heteroatoms. The average molecular weight is 370 g/mol. The average Bonchev–Trinajstić information content (AvgIpc) is 3.05. The monoisotopic (exact) mass is 370 g/mol. The van der Waals surface area contributed by atoms with Crippen molar-refractivity contribution in [2.75, 3.05) is 20.8 Å². The van der Waals surface area contributed by atoms with E-state index < -0.39 is 6.10 Å². The number of aliphatic hydroxyl groups excluding tert-OH is 1. The Morgan fingerprint density at radius 1 is 1.00 bits per heavy atom. The molecule has 3 rings (SSSR count). The van der Waals surface area contributed by atoms with Crippen LogP contribution in [0, 0.1) is 0 Å². The topological polar surface area (TPSA) is 65.7 Å². The van der Waals surface area contributed by atoms with E-state index in [0.29, 0.717) is 23.8 Å². The standard InChI is InChI=1S/C21H26N2O4/c1-14(2)21-22-19-7-5-6-8-20(19)23(21)12-15(24)13-27-18-10-16(25-3)9-17(11-18)26-4/h5-11,14-15,24H,12-13H2,1-4H3. The number of aliphatic hydroxyl groups is 1. The van der Waals surface area contributed by atoms with Crippen molar-refractivity contribution in [2.24, 2.45) is 0 Å². The summed E-state index contributed by atoms with van der Waals surface area (Å²) in [6.07, 6.45) is -0.683. The minimum Gasteiger partial charge on any atom is -0.496 e. The summed E-state index contributed by atoms with van der Waals surface area (Å²) in [5.41, 5.74) is 1.95. The fourth-order valence-corrected chi connectivity index (χ4v) is 3.05. The van der Waals surface area contributed by atoms with Crippen LogP contribution in [0.2, 0.25) is 0 Å². The Morgan fingerprint density at radius 3 is 2.26 bits per heavy atom. The summed E-state index contributed by atoms with van der Waals surface area (Å²) in [6.45, 7) is 4.77. The van der Waals surface area contributed by atoms with Crippen LogP contribution in [-0.2, 0) is 6.54 Å². The molecule has 0 aliphatic carbocycles. The van der Waals surface area contributed by atoms with Gasteiger partial charge in [-0.15, -0.1) is 0 Å². The van der Waals surface area contributed by atoms with E-state index in [1.807, 2.05) is 24.3 Å². The number of para-hydroxylation sites is 2. The van der Waals surface area contributed by atoms with E-state index in [4.69, 9.17) is 19.2 Å². The van der Waals surface area contributed by atoms with E-state index in [1.54, 1.807) is 32.4 Å². The summed E-state index contributed by atoms with van der Waals surface area (Å²) in [4.78, 5) is 4.71. The van der Waals surface area contributed by atoms with Crippen molar-refractivity contribution < 1.29 is 19.3 Å². The van der Waals surface area contributed by atoms with Crippen LogP contribution in [0.1, 0.15) is 25.6 Å². The molecule has 144 valence electrons. The van der Waals surface area contributed by atoms with Crippen molar-refractivity contribution in [3.8, 4) is 17.2 Å². The zero-order valence-electron chi connectivity index (χ0n) is 16.2. The Bertz CT molecular complexity index is 882. The molecule has 0 spiro atoms. The maximum atomic E-state index is 10.6. The molecule has 2 aromatic carbocycles. The SMILES string of the molecule is COc1cc(OC)cc(OCC(O)Cn2c(C(C)C)nc3ccccc32)c1. The number of ether oxygens (including phenoxy) is 3. The normalized spacial score (nSPS) is 12.4. The molecule has 27 heavy (non-hydrogen) atoms. The largest absolute Gasteiger partial charge is 0.496 e. The van der Waals surface area contributed by atoms with Crippen LogP contribution in [-0.4, -0.2) is 41.6 Å². The van der Waals surface area contributed by atoms with Gasteiger partial charge in [-0.1, -0.05) is 26.0 Å². The van der Waals surface area contributed by atoms with Crippen LogP contribution >= 0.6 is 0 Å². The van der Waals surface area contributed by atoms with Gasteiger partial charge in [-0.05, 0) is 12.1 Å². The molecule has 1 heterocycles. The molecule has 1 atom stereocenters. The molecule has 3 aromatic rings. The van der Waals surface area contributed by atoms with Gasteiger partial charge < -0.3 is 23.9 Å². The second-order valence-electron chi connectivity index (χ2n) is 6.74. The zero-order valence-corrected chi connectivity index (χ0v) is 16.2. The molecule has 0 fully saturated rings. The van der Waals surface area contributed by atoms with Gasteiger partial charge in [-0.2, -0.15) is 0 Å². The molecule has 0 amide bonds. The Morgan fingerprint density at radius 2 is 1.63 bits per heavy atom. The number of nitrogens with zero attached hydrogens (tertiary/aromatic N) is 2. The fraction of sp³-hybridized carbons (Fsp3) is 0.381. The van der Waals surface area contributed by atoms with Crippen molar-refractivity contribution >= 4 is 11.0 Å². The predicted molar refractivity (Wildman–Crippen MR) is 105 cm³/mol. The Balaban J connectivity index is 1.74.